The summed E-state index contributed by atoms with van der Waals surface area (Å²) in [4.78, 5) is 19.5. The molecule has 2 N–H and O–H groups in total. The summed E-state index contributed by atoms with van der Waals surface area (Å²) in [5.41, 5.74) is 10.7. The Morgan fingerprint density at radius 3 is 2.70 bits per heavy atom. The molecule has 0 saturated heterocycles. The quantitative estimate of drug-likeness (QED) is 0.743. The number of allylic oxidation sites excluding steroid dienone is 3. The molecule has 2 heterocycles. The van der Waals surface area contributed by atoms with E-state index in [4.69, 9.17) is 17.3 Å². The summed E-state index contributed by atoms with van der Waals surface area (Å²) < 4.78 is 0. The molecule has 2 aliphatic rings. The molecule has 152 valence electrons. The summed E-state index contributed by atoms with van der Waals surface area (Å²) in [7, 11) is 0. The number of nitriles is 1. The molecule has 4 rings (SSSR count). The van der Waals surface area contributed by atoms with Crippen molar-refractivity contribution in [3.63, 3.8) is 0 Å². The molecule has 1 aliphatic heterocycles. The van der Waals surface area contributed by atoms with Crippen LogP contribution in [0.25, 0.3) is 0 Å². The van der Waals surface area contributed by atoms with Crippen molar-refractivity contribution in [1.29, 1.82) is 5.26 Å². The zero-order chi connectivity index (χ0) is 21.6. The maximum absolute atomic E-state index is 13.4. The Morgan fingerprint density at radius 1 is 1.27 bits per heavy atom. The van der Waals surface area contributed by atoms with Gasteiger partial charge in [-0.05, 0) is 48.1 Å². The van der Waals surface area contributed by atoms with Gasteiger partial charge >= 0.3 is 0 Å². The lowest BCUT2D eigenvalue weighted by Gasteiger charge is -2.44. The minimum atomic E-state index is -0.516. The molecular weight excluding hydrogens is 396 g/mol. The Morgan fingerprint density at radius 2 is 2.03 bits per heavy atom. The van der Waals surface area contributed by atoms with Gasteiger partial charge in [0.15, 0.2) is 5.78 Å². The number of carbonyl (C=O) groups excluding carboxylic acids is 1. The number of carbonyl (C=O) groups is 1. The average molecular weight is 419 g/mol. The van der Waals surface area contributed by atoms with Crippen LogP contribution in [0.5, 0.6) is 0 Å². The van der Waals surface area contributed by atoms with Crippen LogP contribution in [0.4, 0.5) is 5.69 Å². The number of aromatic nitrogens is 1. The van der Waals surface area contributed by atoms with E-state index in [-0.39, 0.29) is 11.2 Å². The number of Topliss-reactive ketones (excluding diaryl/α,β-unsaturated/α-hetero) is 1. The zero-order valence-electron chi connectivity index (χ0n) is 17.2. The molecule has 0 fully saturated rings. The van der Waals surface area contributed by atoms with Gasteiger partial charge in [-0.15, -0.1) is 0 Å². The third-order valence-corrected chi connectivity index (χ3v) is 6.29. The number of pyridine rings is 1. The minimum absolute atomic E-state index is 0.0417. The maximum Gasteiger partial charge on any atom is 0.162 e. The van der Waals surface area contributed by atoms with Crippen LogP contribution in [0.2, 0.25) is 5.02 Å². The number of hydrogen-bond acceptors (Lipinski definition) is 5. The summed E-state index contributed by atoms with van der Waals surface area (Å²) in [5.74, 6) is -0.140. The van der Waals surface area contributed by atoms with E-state index in [9.17, 15) is 10.1 Å². The predicted molar refractivity (Wildman–Crippen MR) is 118 cm³/mol. The third-order valence-electron chi connectivity index (χ3n) is 5.88. The second-order valence-corrected chi connectivity index (χ2v) is 9.06. The van der Waals surface area contributed by atoms with E-state index in [1.807, 2.05) is 42.2 Å². The maximum atomic E-state index is 13.4. The number of nitrogens with two attached hydrogens (primary N) is 1. The Labute approximate surface area is 181 Å². The minimum Gasteiger partial charge on any atom is -0.384 e. The van der Waals surface area contributed by atoms with Crippen molar-refractivity contribution in [2.24, 2.45) is 11.1 Å². The number of rotatable bonds is 2. The highest BCUT2D eigenvalue weighted by Crippen LogP contribution is 2.50. The van der Waals surface area contributed by atoms with Crippen LogP contribution in [-0.2, 0) is 4.79 Å². The van der Waals surface area contributed by atoms with Crippen LogP contribution in [-0.4, -0.2) is 10.8 Å². The van der Waals surface area contributed by atoms with Gasteiger partial charge < -0.3 is 5.73 Å². The summed E-state index contributed by atoms with van der Waals surface area (Å²) in [6.07, 6.45) is 4.46. The van der Waals surface area contributed by atoms with Gasteiger partial charge in [-0.2, -0.15) is 5.26 Å². The van der Waals surface area contributed by atoms with Crippen molar-refractivity contribution in [2.75, 3.05) is 4.90 Å². The Hall–Kier alpha value is -3.10. The molecule has 2 aromatic rings. The fraction of sp³-hybridized carbons (Fsp3) is 0.292. The van der Waals surface area contributed by atoms with E-state index in [1.165, 1.54) is 0 Å². The van der Waals surface area contributed by atoms with Gasteiger partial charge in [-0.1, -0.05) is 37.6 Å². The van der Waals surface area contributed by atoms with Crippen molar-refractivity contribution in [2.45, 2.75) is 39.5 Å². The molecule has 1 aromatic carbocycles. The second kappa shape index (κ2) is 7.30. The van der Waals surface area contributed by atoms with E-state index >= 15 is 0 Å². The molecule has 1 unspecified atom stereocenters. The molecule has 0 bridgehead atoms. The van der Waals surface area contributed by atoms with Gasteiger partial charge in [0.2, 0.25) is 0 Å². The first-order valence-corrected chi connectivity index (χ1v) is 10.2. The van der Waals surface area contributed by atoms with Crippen LogP contribution in [0, 0.1) is 23.7 Å². The SMILES string of the molecule is Cc1c(Cl)cccc1N1C(N)=C(C#N)C(c2cccnc2)C2=C1CC(C)(C)CC2=O. The number of ketones is 1. The van der Waals surface area contributed by atoms with E-state index in [0.717, 1.165) is 22.5 Å². The van der Waals surface area contributed by atoms with E-state index in [0.29, 0.717) is 34.8 Å². The molecule has 0 saturated carbocycles. The number of hydrogen-bond donors (Lipinski definition) is 1. The molecule has 6 heteroatoms. The molecule has 1 aromatic heterocycles. The van der Waals surface area contributed by atoms with Crippen molar-refractivity contribution in [3.05, 3.63) is 81.5 Å². The number of halogens is 1. The standard InChI is InChI=1S/C24H23ClN4O/c1-14-17(25)7-4-8-18(14)29-19-10-24(2,3)11-20(30)22(19)21(16(12-26)23(29)27)15-6-5-9-28-13-15/h4-9,13,21H,10-11,27H2,1-3H3. The lowest BCUT2D eigenvalue weighted by molar-refractivity contribution is -0.118. The molecule has 1 aliphatic carbocycles. The second-order valence-electron chi connectivity index (χ2n) is 8.65. The van der Waals surface area contributed by atoms with Crippen LogP contribution < -0.4 is 10.6 Å². The van der Waals surface area contributed by atoms with Gasteiger partial charge in [0.25, 0.3) is 0 Å². The Balaban J connectivity index is 2.04. The monoisotopic (exact) mass is 418 g/mol. The van der Waals surface area contributed by atoms with Crippen molar-refractivity contribution in [1.82, 2.24) is 4.98 Å². The highest BCUT2D eigenvalue weighted by molar-refractivity contribution is 6.31. The van der Waals surface area contributed by atoms with Gasteiger partial charge in [0.05, 0.1) is 23.2 Å². The highest BCUT2D eigenvalue weighted by atomic mass is 35.5. The van der Waals surface area contributed by atoms with Crippen molar-refractivity contribution >= 4 is 23.1 Å². The number of nitrogens with zero attached hydrogens (tertiary/aromatic N) is 3. The molecular formula is C24H23ClN4O. The van der Waals surface area contributed by atoms with Crippen LogP contribution in [0.3, 0.4) is 0 Å². The predicted octanol–water partition coefficient (Wildman–Crippen LogP) is 4.98. The summed E-state index contributed by atoms with van der Waals surface area (Å²) in [6, 6.07) is 11.6. The lowest BCUT2D eigenvalue weighted by Crippen LogP contribution is -2.42. The molecule has 30 heavy (non-hydrogen) atoms. The Kier molecular flexibility index (Phi) is 4.91. The number of benzene rings is 1. The van der Waals surface area contributed by atoms with Crippen LogP contribution in [0.1, 0.15) is 43.7 Å². The van der Waals surface area contributed by atoms with E-state index < -0.39 is 5.92 Å². The van der Waals surface area contributed by atoms with E-state index in [1.54, 1.807) is 12.4 Å². The molecule has 0 spiro atoms. The highest BCUT2D eigenvalue weighted by Gasteiger charge is 2.45. The van der Waals surface area contributed by atoms with Crippen molar-refractivity contribution in [3.8, 4) is 6.07 Å². The first-order chi connectivity index (χ1) is 14.2. The molecule has 1 atom stereocenters. The van der Waals surface area contributed by atoms with Crippen LogP contribution >= 0.6 is 11.6 Å². The molecule has 0 amide bonds. The van der Waals surface area contributed by atoms with Gasteiger partial charge in [-0.3, -0.25) is 14.7 Å². The first kappa shape index (κ1) is 20.2. The van der Waals surface area contributed by atoms with Gasteiger partial charge in [0, 0.05) is 35.1 Å². The molecule has 0 radical (unpaired) electrons. The van der Waals surface area contributed by atoms with Crippen LogP contribution in [0.15, 0.2) is 65.4 Å². The lowest BCUT2D eigenvalue weighted by atomic mass is 9.68. The van der Waals surface area contributed by atoms with Gasteiger partial charge in [-0.25, -0.2) is 0 Å². The zero-order valence-corrected chi connectivity index (χ0v) is 18.0. The topological polar surface area (TPSA) is 83.0 Å². The smallest absolute Gasteiger partial charge is 0.162 e. The van der Waals surface area contributed by atoms with E-state index in [2.05, 4.69) is 24.9 Å². The third kappa shape index (κ3) is 3.18. The normalized spacial score (nSPS) is 20.8. The summed E-state index contributed by atoms with van der Waals surface area (Å²) >= 11 is 6.40. The summed E-state index contributed by atoms with van der Waals surface area (Å²) in [5, 5.41) is 10.7. The fourth-order valence-corrected chi connectivity index (χ4v) is 4.67. The number of anilines is 1. The largest absolute Gasteiger partial charge is 0.384 e. The first-order valence-electron chi connectivity index (χ1n) is 9.86. The fourth-order valence-electron chi connectivity index (χ4n) is 4.50. The Bertz CT molecular complexity index is 1140. The molecule has 5 nitrogen and oxygen atoms in total. The van der Waals surface area contributed by atoms with Crippen molar-refractivity contribution < 1.29 is 4.79 Å². The van der Waals surface area contributed by atoms with Gasteiger partial charge in [0.1, 0.15) is 5.82 Å². The average Bonchev–Trinajstić information content (AvgIpc) is 2.70. The summed E-state index contributed by atoms with van der Waals surface area (Å²) in [6.45, 7) is 6.08.